The highest BCUT2D eigenvalue weighted by atomic mass is 16.5. The summed E-state index contributed by atoms with van der Waals surface area (Å²) in [6.07, 6.45) is 3.41. The number of nitrogens with one attached hydrogen (secondary N) is 3. The van der Waals surface area contributed by atoms with E-state index >= 15 is 0 Å². The molecule has 11 nitrogen and oxygen atoms in total. The molecule has 3 N–H and O–H groups in total. The summed E-state index contributed by atoms with van der Waals surface area (Å²) in [7, 11) is 0. The molecule has 1 saturated heterocycles. The number of aromatic nitrogens is 1. The van der Waals surface area contributed by atoms with Gasteiger partial charge in [0.15, 0.2) is 0 Å². The van der Waals surface area contributed by atoms with Crippen LogP contribution in [0.3, 0.4) is 0 Å². The van der Waals surface area contributed by atoms with Crippen molar-refractivity contribution in [3.63, 3.8) is 0 Å². The van der Waals surface area contributed by atoms with Crippen LogP contribution in [0.5, 0.6) is 5.75 Å². The maximum absolute atomic E-state index is 12.8. The lowest BCUT2D eigenvalue weighted by Gasteiger charge is -2.38. The van der Waals surface area contributed by atoms with Crippen molar-refractivity contribution in [2.75, 3.05) is 69.3 Å². The van der Waals surface area contributed by atoms with Crippen molar-refractivity contribution in [3.8, 4) is 17.6 Å². The van der Waals surface area contributed by atoms with Crippen molar-refractivity contribution < 1.29 is 23.9 Å². The van der Waals surface area contributed by atoms with Crippen LogP contribution in [0.15, 0.2) is 97.1 Å². The molecular formula is C44H52N6O5. The molecule has 0 unspecified atom stereocenters. The van der Waals surface area contributed by atoms with Crippen LogP contribution in [-0.4, -0.2) is 92.7 Å². The van der Waals surface area contributed by atoms with Crippen LogP contribution in [-0.2, 0) is 25.5 Å². The Morgan fingerprint density at radius 2 is 1.56 bits per heavy atom. The Hall–Kier alpha value is -5.70. The number of likely N-dealkylation sites (tertiary alicyclic amines) is 1. The third-order valence-electron chi connectivity index (χ3n) is 9.19. The van der Waals surface area contributed by atoms with E-state index in [2.05, 4.69) is 61.9 Å². The normalized spacial score (nSPS) is 12.9. The Morgan fingerprint density at radius 3 is 2.29 bits per heavy atom. The Bertz CT molecular complexity index is 1880. The number of ether oxygens (including phenoxy) is 2. The summed E-state index contributed by atoms with van der Waals surface area (Å²) in [5, 5.41) is 8.85. The van der Waals surface area contributed by atoms with Crippen LogP contribution in [0.2, 0.25) is 0 Å². The highest BCUT2D eigenvalue weighted by Gasteiger charge is 2.28. The van der Waals surface area contributed by atoms with Crippen molar-refractivity contribution >= 4 is 29.1 Å². The molecule has 11 heteroatoms. The summed E-state index contributed by atoms with van der Waals surface area (Å²) in [5.41, 5.74) is 5.66. The van der Waals surface area contributed by atoms with E-state index in [1.165, 1.54) is 5.56 Å². The van der Waals surface area contributed by atoms with Crippen molar-refractivity contribution in [1.82, 2.24) is 20.5 Å². The van der Waals surface area contributed by atoms with Crippen LogP contribution in [0.1, 0.15) is 48.7 Å². The van der Waals surface area contributed by atoms with Crippen molar-refractivity contribution in [2.45, 2.75) is 45.6 Å². The Kier molecular flexibility index (Phi) is 16.1. The molecule has 1 aliphatic heterocycles. The van der Waals surface area contributed by atoms with Gasteiger partial charge in [-0.05, 0) is 92.3 Å². The van der Waals surface area contributed by atoms with Crippen molar-refractivity contribution in [2.24, 2.45) is 0 Å². The molecule has 1 aliphatic rings. The summed E-state index contributed by atoms with van der Waals surface area (Å²) in [6.45, 7) is 7.91. The number of pyridine rings is 1. The van der Waals surface area contributed by atoms with Gasteiger partial charge in [0, 0.05) is 67.8 Å². The Morgan fingerprint density at radius 1 is 0.836 bits per heavy atom. The maximum Gasteiger partial charge on any atom is 0.246 e. The number of hydrogen-bond donors (Lipinski definition) is 3. The second kappa shape index (κ2) is 21.9. The van der Waals surface area contributed by atoms with E-state index in [1.54, 1.807) is 0 Å². The standard InChI is InChI=1S/C44H52N6O5/c1-3-44(53)50(39-12-5-4-6-13-39)40-22-28-49(29-23-40)27-21-35-15-18-37(19-16-35)45-24-25-46-42(51)32-54-33-43(52)47-26-30-55-41-14-8-10-36(31-41)17-20-38-11-7-9-34(2)48-38/h4-16,18-19,31,40,45H,3,21-30,32-33H2,1-2H3,(H,46,51)(H,47,52). The van der Waals surface area contributed by atoms with Gasteiger partial charge in [0.2, 0.25) is 17.7 Å². The highest BCUT2D eigenvalue weighted by molar-refractivity contribution is 5.93. The maximum atomic E-state index is 12.8. The summed E-state index contributed by atoms with van der Waals surface area (Å²) in [5.74, 6) is 6.36. The van der Waals surface area contributed by atoms with Gasteiger partial charge in [-0.15, -0.1) is 0 Å². The van der Waals surface area contributed by atoms with Gasteiger partial charge in [-0.1, -0.05) is 55.3 Å². The first-order valence-corrected chi connectivity index (χ1v) is 19.1. The zero-order chi connectivity index (χ0) is 38.7. The number of amides is 3. The number of hydrogen-bond acceptors (Lipinski definition) is 8. The molecule has 3 amide bonds. The number of aryl methyl sites for hydroxylation is 1. The molecule has 0 atom stereocenters. The molecule has 0 bridgehead atoms. The van der Waals surface area contributed by atoms with E-state index in [4.69, 9.17) is 9.47 Å². The average Bonchev–Trinajstić information content (AvgIpc) is 3.21. The second-order valence-corrected chi connectivity index (χ2v) is 13.4. The first-order valence-electron chi connectivity index (χ1n) is 19.1. The van der Waals surface area contributed by atoms with Gasteiger partial charge in [-0.25, -0.2) is 4.98 Å². The summed E-state index contributed by atoms with van der Waals surface area (Å²) in [4.78, 5) is 46.0. The van der Waals surface area contributed by atoms with E-state index in [-0.39, 0.29) is 43.6 Å². The minimum absolute atomic E-state index is 0.184. The molecule has 0 spiro atoms. The number of carbonyl (C=O) groups excluding carboxylic acids is 3. The molecule has 3 aromatic carbocycles. The zero-order valence-corrected chi connectivity index (χ0v) is 31.9. The van der Waals surface area contributed by atoms with E-state index in [0.29, 0.717) is 37.5 Å². The van der Waals surface area contributed by atoms with Crippen LogP contribution in [0, 0.1) is 18.8 Å². The monoisotopic (exact) mass is 744 g/mol. The molecular weight excluding hydrogens is 693 g/mol. The molecule has 1 fully saturated rings. The van der Waals surface area contributed by atoms with Crippen molar-refractivity contribution in [3.05, 3.63) is 120 Å². The van der Waals surface area contributed by atoms with Gasteiger partial charge in [0.1, 0.15) is 31.3 Å². The van der Waals surface area contributed by atoms with Crippen LogP contribution in [0.4, 0.5) is 11.4 Å². The minimum atomic E-state index is -0.327. The molecule has 5 rings (SSSR count). The molecule has 0 aliphatic carbocycles. The summed E-state index contributed by atoms with van der Waals surface area (Å²) in [6, 6.07) is 31.8. The smallest absolute Gasteiger partial charge is 0.246 e. The van der Waals surface area contributed by atoms with Gasteiger partial charge in [0.25, 0.3) is 0 Å². The predicted molar refractivity (Wildman–Crippen MR) is 216 cm³/mol. The predicted octanol–water partition coefficient (Wildman–Crippen LogP) is 4.98. The lowest BCUT2D eigenvalue weighted by atomic mass is 10.0. The van der Waals surface area contributed by atoms with E-state index in [9.17, 15) is 14.4 Å². The van der Waals surface area contributed by atoms with E-state index < -0.39 is 0 Å². The number of rotatable bonds is 18. The molecule has 2 heterocycles. The number of nitrogens with zero attached hydrogens (tertiary/aromatic N) is 3. The molecule has 4 aromatic rings. The number of anilines is 2. The largest absolute Gasteiger partial charge is 0.492 e. The Labute approximate surface area is 324 Å². The van der Waals surface area contributed by atoms with Gasteiger partial charge in [-0.2, -0.15) is 0 Å². The van der Waals surface area contributed by atoms with Gasteiger partial charge >= 0.3 is 0 Å². The highest BCUT2D eigenvalue weighted by Crippen LogP contribution is 2.25. The first-order chi connectivity index (χ1) is 26.9. The average molecular weight is 745 g/mol. The summed E-state index contributed by atoms with van der Waals surface area (Å²) < 4.78 is 11.0. The fraction of sp³-hybridized carbons (Fsp3) is 0.364. The number of para-hydroxylation sites is 1. The fourth-order valence-electron chi connectivity index (χ4n) is 6.31. The summed E-state index contributed by atoms with van der Waals surface area (Å²) >= 11 is 0. The molecule has 0 saturated carbocycles. The lowest BCUT2D eigenvalue weighted by molar-refractivity contribution is -0.131. The zero-order valence-electron chi connectivity index (χ0n) is 31.9. The fourth-order valence-corrected chi connectivity index (χ4v) is 6.31. The van der Waals surface area contributed by atoms with E-state index in [1.807, 2.05) is 91.5 Å². The van der Waals surface area contributed by atoms with Gasteiger partial charge in [0.05, 0.1) is 6.54 Å². The number of piperidine rings is 1. The third-order valence-corrected chi connectivity index (χ3v) is 9.19. The topological polar surface area (TPSA) is 125 Å². The number of benzene rings is 3. The minimum Gasteiger partial charge on any atom is -0.492 e. The third kappa shape index (κ3) is 13.9. The Balaban J connectivity index is 0.883. The molecule has 0 radical (unpaired) electrons. The quantitative estimate of drug-likeness (QED) is 0.0964. The van der Waals surface area contributed by atoms with E-state index in [0.717, 1.165) is 61.5 Å². The first kappa shape index (κ1) is 40.5. The molecule has 55 heavy (non-hydrogen) atoms. The second-order valence-electron chi connectivity index (χ2n) is 13.4. The lowest BCUT2D eigenvalue weighted by Crippen LogP contribution is -2.47. The van der Waals surface area contributed by atoms with Crippen LogP contribution in [0.25, 0.3) is 0 Å². The molecule has 1 aromatic heterocycles. The van der Waals surface area contributed by atoms with Gasteiger partial charge < -0.3 is 35.2 Å². The van der Waals surface area contributed by atoms with Gasteiger partial charge in [-0.3, -0.25) is 14.4 Å². The molecule has 288 valence electrons. The van der Waals surface area contributed by atoms with Crippen molar-refractivity contribution in [1.29, 1.82) is 0 Å². The SMILES string of the molecule is CCC(=O)N(c1ccccc1)C1CCN(CCc2ccc(NCCNC(=O)COCC(=O)NCCOc3cccc(C#Cc4cccc(C)n4)c3)cc2)CC1. The number of carbonyl (C=O) groups is 3. The van der Waals surface area contributed by atoms with Crippen LogP contribution >= 0.6 is 0 Å². The van der Waals surface area contributed by atoms with Crippen LogP contribution < -0.4 is 25.6 Å².